The van der Waals surface area contributed by atoms with Gasteiger partial charge in [0.2, 0.25) is 20.0 Å². The molecule has 0 spiro atoms. The largest absolute Gasteiger partial charge is 0.497 e. The van der Waals surface area contributed by atoms with Crippen molar-refractivity contribution in [1.29, 1.82) is 0 Å². The Hall–Kier alpha value is -8.87. The van der Waals surface area contributed by atoms with Gasteiger partial charge in [0.15, 0.2) is 13.5 Å². The number of nitrogens with one attached hydrogen (secondary N) is 2. The minimum atomic E-state index is -3.63. The van der Waals surface area contributed by atoms with Crippen molar-refractivity contribution in [2.24, 2.45) is 0 Å². The number of sulfonamides is 2. The highest BCUT2D eigenvalue weighted by Crippen LogP contribution is 2.46. The first-order valence-electron chi connectivity index (χ1n) is 30.2. The first-order chi connectivity index (χ1) is 43.8. The third kappa shape index (κ3) is 10.9. The molecular weight excluding hydrogens is 1230 g/mol. The van der Waals surface area contributed by atoms with Crippen molar-refractivity contribution in [3.8, 4) is 45.5 Å². The van der Waals surface area contributed by atoms with Crippen LogP contribution in [-0.2, 0) is 42.8 Å². The number of aromatic nitrogens is 4. The van der Waals surface area contributed by atoms with E-state index in [1.165, 1.54) is 28.1 Å². The molecule has 24 heteroatoms. The monoisotopic (exact) mass is 1300 g/mol. The summed E-state index contributed by atoms with van der Waals surface area (Å²) in [4.78, 5) is 35.5. The normalized spacial score (nSPS) is 16.1. The molecule has 3 aliphatic heterocycles. The van der Waals surface area contributed by atoms with E-state index in [9.17, 15) is 26.4 Å². The van der Waals surface area contributed by atoms with Crippen LogP contribution in [0.3, 0.4) is 0 Å². The summed E-state index contributed by atoms with van der Waals surface area (Å²) < 4.78 is 93.8. The van der Waals surface area contributed by atoms with Crippen molar-refractivity contribution in [2.45, 2.75) is 90.9 Å². The average molecular weight is 1300 g/mol. The molecule has 92 heavy (non-hydrogen) atoms. The number of fused-ring (bicyclic) bond motifs is 12. The molecule has 6 aromatic heterocycles. The lowest BCUT2D eigenvalue weighted by molar-refractivity contribution is 0.00578. The average Bonchev–Trinajstić information content (AvgIpc) is 1.55. The molecule has 0 radical (unpaired) electrons. The highest BCUT2D eigenvalue weighted by atomic mass is 35.5. The number of carbonyl (C=O) groups excluding carboxylic acids is 2. The minimum Gasteiger partial charge on any atom is -0.470 e. The predicted octanol–water partition coefficient (Wildman–Crippen LogP) is 12.6. The highest BCUT2D eigenvalue weighted by Gasteiger charge is 2.53. The second kappa shape index (κ2) is 23.4. The van der Waals surface area contributed by atoms with Gasteiger partial charge < -0.3 is 47.4 Å². The Morgan fingerprint density at radius 3 is 1.57 bits per heavy atom. The molecule has 2 N–H and O–H groups in total. The summed E-state index contributed by atoms with van der Waals surface area (Å²) in [5, 5.41) is 9.38. The summed E-state index contributed by atoms with van der Waals surface area (Å²) in [6, 6.07) is 34.7. The molecule has 474 valence electrons. The Morgan fingerprint density at radius 1 is 0.609 bits per heavy atom. The number of hydrogen-bond acceptors (Lipinski definition) is 14. The number of hydrogen-bond donors (Lipinski definition) is 2. The van der Waals surface area contributed by atoms with E-state index in [2.05, 4.69) is 61.2 Å². The van der Waals surface area contributed by atoms with Crippen molar-refractivity contribution < 1.29 is 54.0 Å². The number of benzene rings is 4. The molecule has 20 nitrogen and oxygen atoms in total. The topological polar surface area (TPSA) is 232 Å². The van der Waals surface area contributed by atoms with Crippen molar-refractivity contribution in [2.75, 3.05) is 49.3 Å². The summed E-state index contributed by atoms with van der Waals surface area (Å²) in [5.41, 5.74) is 10.5. The van der Waals surface area contributed by atoms with E-state index >= 15 is 0 Å². The van der Waals surface area contributed by atoms with Crippen LogP contribution in [0.2, 0.25) is 5.15 Å². The first-order valence-corrected chi connectivity index (χ1v) is 34.3. The standard InChI is InChI=1S/C31H28N4O5S.C23H31BN2O6S.C14H9ClN2O/c1-32-31(36)28-21-15-20(24(34(2)41(3,37)38)16-27(21)40-30(28)18-8-4-5-9-18)22-12-13-26-29(33-22)25-14-19-10-6-7-11-23(19)35(25)17-39-26;1-22(2)23(3,4)32-24(31-22)16-12-15-18(13-17(16)26(6)33(7,28)29)30-20(14-10-8-9-11-14)19(15)21(27)25-5;15-13-6-5-12-14(16-13)11-7-9-3-1-2-4-10(9)17(11)8-18-12/h6-8,10-16H,4-5,9,17H2,1-3H3,(H,32,36);10,12-13H,8-9,11H2,1-7H3,(H,25,27);1-7H,8H2. The van der Waals surface area contributed by atoms with E-state index in [0.29, 0.717) is 103 Å². The van der Waals surface area contributed by atoms with Crippen LogP contribution in [0, 0.1) is 0 Å². The molecule has 0 bridgehead atoms. The number of para-hydroxylation sites is 2. The zero-order valence-electron chi connectivity index (χ0n) is 52.6. The Balaban J connectivity index is 0.000000135. The lowest BCUT2D eigenvalue weighted by Crippen LogP contribution is -2.41. The molecule has 0 atom stereocenters. The van der Waals surface area contributed by atoms with E-state index in [1.54, 1.807) is 38.4 Å². The number of pyridine rings is 2. The molecule has 10 aromatic rings. The van der Waals surface area contributed by atoms with Crippen LogP contribution in [0.1, 0.15) is 98.5 Å². The van der Waals surface area contributed by atoms with E-state index in [1.807, 2.05) is 88.4 Å². The number of nitrogens with zero attached hydrogens (tertiary/aromatic N) is 6. The molecule has 0 unspecified atom stereocenters. The summed E-state index contributed by atoms with van der Waals surface area (Å²) in [5.74, 6) is 1.96. The van der Waals surface area contributed by atoms with Gasteiger partial charge in [-0.3, -0.25) is 18.2 Å². The Kier molecular flexibility index (Phi) is 15.7. The van der Waals surface area contributed by atoms with Crippen molar-refractivity contribution in [3.63, 3.8) is 0 Å². The fraction of sp³-hybridized carbons (Fsp3) is 0.294. The predicted molar refractivity (Wildman–Crippen MR) is 361 cm³/mol. The third-order valence-corrected chi connectivity index (χ3v) is 20.8. The summed E-state index contributed by atoms with van der Waals surface area (Å²) in [7, 11) is -1.89. The molecule has 2 amide bonds. The van der Waals surface area contributed by atoms with Crippen molar-refractivity contribution >= 4 is 122 Å². The third-order valence-electron chi connectivity index (χ3n) is 18.2. The maximum absolute atomic E-state index is 13.2. The van der Waals surface area contributed by atoms with Crippen LogP contribution in [-0.4, -0.2) is 107 Å². The van der Waals surface area contributed by atoms with Gasteiger partial charge in [-0.25, -0.2) is 26.8 Å². The number of halogens is 1. The van der Waals surface area contributed by atoms with Gasteiger partial charge in [-0.05, 0) is 138 Å². The maximum Gasteiger partial charge on any atom is 0.497 e. The molecule has 2 aliphatic carbocycles. The number of allylic oxidation sites excluding steroid dienone is 4. The molecule has 1 fully saturated rings. The number of ether oxygens (including phenoxy) is 2. The van der Waals surface area contributed by atoms with Gasteiger partial charge in [-0.2, -0.15) is 0 Å². The minimum absolute atomic E-state index is 0.263. The molecular formula is C68H68BClN8O12S2. The van der Waals surface area contributed by atoms with Gasteiger partial charge in [-0.15, -0.1) is 0 Å². The van der Waals surface area contributed by atoms with Gasteiger partial charge >= 0.3 is 7.12 Å². The second-order valence-corrected chi connectivity index (χ2v) is 28.9. The van der Waals surface area contributed by atoms with Crippen LogP contribution in [0.4, 0.5) is 11.4 Å². The zero-order valence-corrected chi connectivity index (χ0v) is 54.9. The number of amides is 2. The van der Waals surface area contributed by atoms with Crippen molar-refractivity contribution in [1.82, 2.24) is 29.7 Å². The fourth-order valence-electron chi connectivity index (χ4n) is 12.4. The Bertz CT molecular complexity index is 4990. The first kappa shape index (κ1) is 62.0. The molecule has 4 aromatic carbocycles. The molecule has 9 heterocycles. The SMILES string of the molecule is CNC(=O)c1c(C2=CCCC2)oc2cc(N(C)S(C)(=O)=O)c(-c3ccc4c(n3)-c3cc5ccccc5n3CO4)cc12.CNC(=O)c1c(C2=CCCC2)oc2cc(N(C)S(C)(=O)=O)c(B3OC(C)(C)C(C)(C)O3)cc12.Clc1ccc2c(n1)-c1cc3ccccc3n1CO2. The number of anilines is 2. The zero-order chi connectivity index (χ0) is 64.9. The Morgan fingerprint density at radius 2 is 1.08 bits per heavy atom. The highest BCUT2D eigenvalue weighted by molar-refractivity contribution is 7.92. The van der Waals surface area contributed by atoms with Crippen LogP contribution in [0.25, 0.3) is 88.9 Å². The summed E-state index contributed by atoms with van der Waals surface area (Å²) in [6.07, 6.45) is 12.0. The molecule has 15 rings (SSSR count). The maximum atomic E-state index is 13.2. The van der Waals surface area contributed by atoms with Crippen LogP contribution in [0.15, 0.2) is 130 Å². The smallest absolute Gasteiger partial charge is 0.470 e. The fourth-order valence-corrected chi connectivity index (χ4v) is 13.6. The lowest BCUT2D eigenvalue weighted by atomic mass is 9.77. The van der Waals surface area contributed by atoms with Gasteiger partial charge in [0.1, 0.15) is 50.7 Å². The number of rotatable bonds is 10. The quantitative estimate of drug-likeness (QED) is 0.0958. The van der Waals surface area contributed by atoms with Crippen molar-refractivity contribution in [3.05, 3.63) is 149 Å². The molecule has 5 aliphatic rings. The van der Waals surface area contributed by atoms with Gasteiger partial charge in [0.25, 0.3) is 11.8 Å². The van der Waals surface area contributed by atoms with E-state index in [0.717, 1.165) is 101 Å². The van der Waals surface area contributed by atoms with E-state index in [4.69, 9.17) is 44.2 Å². The summed E-state index contributed by atoms with van der Waals surface area (Å²) >= 11 is 5.97. The van der Waals surface area contributed by atoms with Gasteiger partial charge in [0.05, 0.1) is 74.3 Å². The molecule has 1 saturated heterocycles. The van der Waals surface area contributed by atoms with Crippen LogP contribution >= 0.6 is 11.6 Å². The van der Waals surface area contributed by atoms with Gasteiger partial charge in [0, 0.05) is 72.9 Å². The van der Waals surface area contributed by atoms with Gasteiger partial charge in [-0.1, -0.05) is 60.2 Å². The van der Waals surface area contributed by atoms with Crippen LogP contribution < -0.4 is 34.2 Å². The molecule has 0 saturated carbocycles. The number of carbonyl (C=O) groups is 2. The number of furan rings is 2. The van der Waals surface area contributed by atoms with Crippen LogP contribution in [0.5, 0.6) is 11.5 Å². The lowest BCUT2D eigenvalue weighted by Gasteiger charge is -2.32. The van der Waals surface area contributed by atoms with E-state index in [-0.39, 0.29) is 11.8 Å². The Labute approximate surface area is 538 Å². The van der Waals surface area contributed by atoms with E-state index < -0.39 is 38.4 Å². The second-order valence-electron chi connectivity index (χ2n) is 24.4. The summed E-state index contributed by atoms with van der Waals surface area (Å²) in [6.45, 7) is 8.62.